The Bertz CT molecular complexity index is 403. The van der Waals surface area contributed by atoms with Crippen LogP contribution in [-0.4, -0.2) is 35.5 Å². The van der Waals surface area contributed by atoms with Gasteiger partial charge in [0.1, 0.15) is 0 Å². The first-order valence-corrected chi connectivity index (χ1v) is 6.73. The van der Waals surface area contributed by atoms with Gasteiger partial charge in [-0.25, -0.2) is 0 Å². The number of likely N-dealkylation sites (N-methyl/N-ethyl adjacent to an activating group) is 1. The number of amides is 1. The van der Waals surface area contributed by atoms with E-state index in [-0.39, 0.29) is 11.8 Å². The molecular weight excluding hydrogens is 240 g/mol. The molecule has 1 aromatic carbocycles. The van der Waals surface area contributed by atoms with E-state index < -0.39 is 6.10 Å². The number of benzene rings is 1. The molecule has 2 atom stereocenters. The van der Waals surface area contributed by atoms with Crippen LogP contribution in [0.1, 0.15) is 31.1 Å². The largest absolute Gasteiger partial charge is 0.387 e. The summed E-state index contributed by atoms with van der Waals surface area (Å²) in [4.78, 5) is 13.7. The van der Waals surface area contributed by atoms with Crippen molar-refractivity contribution in [2.75, 3.05) is 19.6 Å². The van der Waals surface area contributed by atoms with Gasteiger partial charge >= 0.3 is 0 Å². The summed E-state index contributed by atoms with van der Waals surface area (Å²) in [7, 11) is 0. The van der Waals surface area contributed by atoms with Gasteiger partial charge in [-0.1, -0.05) is 36.8 Å². The molecule has 3 N–H and O–H groups in total. The molecule has 0 saturated carbocycles. The van der Waals surface area contributed by atoms with E-state index in [2.05, 4.69) is 0 Å². The van der Waals surface area contributed by atoms with Gasteiger partial charge in [0.25, 0.3) is 0 Å². The van der Waals surface area contributed by atoms with Crippen molar-refractivity contribution in [3.8, 4) is 0 Å². The van der Waals surface area contributed by atoms with Gasteiger partial charge in [-0.3, -0.25) is 4.79 Å². The minimum Gasteiger partial charge on any atom is -0.387 e. The Labute approximate surface area is 115 Å². The summed E-state index contributed by atoms with van der Waals surface area (Å²) in [6, 6.07) is 7.70. The lowest BCUT2D eigenvalue weighted by atomic mass is 10.1. The molecule has 1 rings (SSSR count). The molecular formula is C15H24N2O2. The summed E-state index contributed by atoms with van der Waals surface area (Å²) >= 11 is 0. The second-order valence-electron chi connectivity index (χ2n) is 4.94. The predicted octanol–water partition coefficient (Wildman–Crippen LogP) is 1.47. The van der Waals surface area contributed by atoms with E-state index in [1.165, 1.54) is 0 Å². The number of carbonyl (C=O) groups is 1. The average molecular weight is 264 g/mol. The molecule has 0 aliphatic carbocycles. The van der Waals surface area contributed by atoms with Crippen molar-refractivity contribution in [3.63, 3.8) is 0 Å². The number of nitrogens with two attached hydrogens (primary N) is 1. The smallest absolute Gasteiger partial charge is 0.226 e. The molecule has 0 heterocycles. The summed E-state index contributed by atoms with van der Waals surface area (Å²) < 4.78 is 0. The van der Waals surface area contributed by atoms with Crippen LogP contribution in [-0.2, 0) is 4.79 Å². The van der Waals surface area contributed by atoms with Crippen molar-refractivity contribution in [1.29, 1.82) is 0 Å². The minimum absolute atomic E-state index is 0.00355. The second-order valence-corrected chi connectivity index (χ2v) is 4.94. The number of aliphatic hydroxyl groups excluding tert-OH is 1. The maximum atomic E-state index is 12.1. The first kappa shape index (κ1) is 15.7. The van der Waals surface area contributed by atoms with Crippen molar-refractivity contribution in [3.05, 3.63) is 35.4 Å². The molecule has 0 fully saturated rings. The summed E-state index contributed by atoms with van der Waals surface area (Å²) in [6.45, 7) is 6.93. The molecule has 0 radical (unpaired) electrons. The fourth-order valence-corrected chi connectivity index (χ4v) is 1.89. The summed E-state index contributed by atoms with van der Waals surface area (Å²) in [5.41, 5.74) is 7.49. The van der Waals surface area contributed by atoms with Crippen LogP contribution in [0.2, 0.25) is 0 Å². The highest BCUT2D eigenvalue weighted by molar-refractivity contribution is 5.78. The number of nitrogens with zero attached hydrogens (tertiary/aromatic N) is 1. The quantitative estimate of drug-likeness (QED) is 0.817. The topological polar surface area (TPSA) is 66.6 Å². The van der Waals surface area contributed by atoms with E-state index in [1.807, 2.05) is 45.0 Å². The van der Waals surface area contributed by atoms with Crippen LogP contribution in [0.5, 0.6) is 0 Å². The van der Waals surface area contributed by atoms with Gasteiger partial charge in [0.15, 0.2) is 0 Å². The number of aliphatic hydroxyl groups is 1. The van der Waals surface area contributed by atoms with E-state index >= 15 is 0 Å². The molecule has 4 heteroatoms. The van der Waals surface area contributed by atoms with Crippen LogP contribution in [0, 0.1) is 12.8 Å². The van der Waals surface area contributed by atoms with Crippen LogP contribution >= 0.6 is 0 Å². The molecule has 1 aromatic rings. The Morgan fingerprint density at radius 3 is 2.42 bits per heavy atom. The van der Waals surface area contributed by atoms with Gasteiger partial charge in [-0.2, -0.15) is 0 Å². The third-order valence-corrected chi connectivity index (χ3v) is 3.32. The fourth-order valence-electron chi connectivity index (χ4n) is 1.89. The third-order valence-electron chi connectivity index (χ3n) is 3.32. The Morgan fingerprint density at radius 1 is 1.37 bits per heavy atom. The minimum atomic E-state index is -0.658. The van der Waals surface area contributed by atoms with E-state index in [0.29, 0.717) is 19.6 Å². The van der Waals surface area contributed by atoms with Crippen molar-refractivity contribution in [1.82, 2.24) is 4.90 Å². The summed E-state index contributed by atoms with van der Waals surface area (Å²) in [6.07, 6.45) is -0.658. The number of carbonyl (C=O) groups excluding carboxylic acids is 1. The van der Waals surface area contributed by atoms with E-state index in [1.54, 1.807) is 4.90 Å². The summed E-state index contributed by atoms with van der Waals surface area (Å²) in [5, 5.41) is 10.2. The molecule has 0 spiro atoms. The van der Waals surface area contributed by atoms with Gasteiger partial charge in [0.2, 0.25) is 5.91 Å². The molecule has 1 amide bonds. The number of hydrogen-bond acceptors (Lipinski definition) is 3. The standard InChI is InChI=1S/C15H24N2O2/c1-4-17(15(19)12(3)9-16)10-14(18)13-7-5-11(2)6-8-13/h5-8,12,14,18H,4,9-10,16H2,1-3H3. The first-order chi connectivity index (χ1) is 8.99. The molecule has 0 aliphatic heterocycles. The van der Waals surface area contributed by atoms with E-state index in [0.717, 1.165) is 11.1 Å². The Balaban J connectivity index is 2.70. The number of hydrogen-bond donors (Lipinski definition) is 2. The zero-order valence-electron chi connectivity index (χ0n) is 12.0. The molecule has 0 bridgehead atoms. The lowest BCUT2D eigenvalue weighted by Crippen LogP contribution is -2.40. The normalized spacial score (nSPS) is 13.9. The van der Waals surface area contributed by atoms with Crippen LogP contribution in [0.25, 0.3) is 0 Å². The highest BCUT2D eigenvalue weighted by Gasteiger charge is 2.21. The van der Waals surface area contributed by atoms with Crippen LogP contribution in [0.4, 0.5) is 0 Å². The van der Waals surface area contributed by atoms with Gasteiger partial charge in [0, 0.05) is 19.0 Å². The first-order valence-electron chi connectivity index (χ1n) is 6.73. The molecule has 4 nitrogen and oxygen atoms in total. The number of rotatable bonds is 6. The maximum Gasteiger partial charge on any atom is 0.226 e. The highest BCUT2D eigenvalue weighted by Crippen LogP contribution is 2.16. The van der Waals surface area contributed by atoms with E-state index in [9.17, 15) is 9.90 Å². The monoisotopic (exact) mass is 264 g/mol. The van der Waals surface area contributed by atoms with Gasteiger partial charge in [-0.15, -0.1) is 0 Å². The third kappa shape index (κ3) is 4.33. The lowest BCUT2D eigenvalue weighted by Gasteiger charge is -2.26. The maximum absolute atomic E-state index is 12.1. The van der Waals surface area contributed by atoms with Crippen LogP contribution < -0.4 is 5.73 Å². The SMILES string of the molecule is CCN(CC(O)c1ccc(C)cc1)C(=O)C(C)CN. The molecule has 106 valence electrons. The predicted molar refractivity (Wildman–Crippen MR) is 76.6 cm³/mol. The molecule has 0 aliphatic rings. The zero-order valence-corrected chi connectivity index (χ0v) is 12.0. The van der Waals surface area contributed by atoms with Crippen molar-refractivity contribution >= 4 is 5.91 Å². The van der Waals surface area contributed by atoms with Crippen molar-refractivity contribution in [2.45, 2.75) is 26.9 Å². The Kier molecular flexibility index (Phi) is 5.99. The van der Waals surface area contributed by atoms with Gasteiger partial charge in [-0.05, 0) is 19.4 Å². The van der Waals surface area contributed by atoms with Crippen LogP contribution in [0.3, 0.4) is 0 Å². The highest BCUT2D eigenvalue weighted by atomic mass is 16.3. The molecule has 0 aromatic heterocycles. The molecule has 2 unspecified atom stereocenters. The van der Waals surface area contributed by atoms with Crippen LogP contribution in [0.15, 0.2) is 24.3 Å². The second kappa shape index (κ2) is 7.26. The molecule has 19 heavy (non-hydrogen) atoms. The average Bonchev–Trinajstić information content (AvgIpc) is 2.43. The van der Waals surface area contributed by atoms with E-state index in [4.69, 9.17) is 5.73 Å². The molecule has 0 saturated heterocycles. The van der Waals surface area contributed by atoms with Crippen molar-refractivity contribution < 1.29 is 9.90 Å². The fraction of sp³-hybridized carbons (Fsp3) is 0.533. The Morgan fingerprint density at radius 2 is 1.95 bits per heavy atom. The Hall–Kier alpha value is -1.39. The lowest BCUT2D eigenvalue weighted by molar-refractivity contribution is -0.135. The number of aryl methyl sites for hydroxylation is 1. The summed E-state index contributed by atoms with van der Waals surface area (Å²) in [5.74, 6) is -0.207. The van der Waals surface area contributed by atoms with Gasteiger partial charge < -0.3 is 15.7 Å². The van der Waals surface area contributed by atoms with Crippen molar-refractivity contribution in [2.24, 2.45) is 11.7 Å². The zero-order chi connectivity index (χ0) is 14.4. The van der Waals surface area contributed by atoms with Gasteiger partial charge in [0.05, 0.1) is 12.6 Å².